The van der Waals surface area contributed by atoms with E-state index in [1.54, 1.807) is 13.3 Å². The van der Waals surface area contributed by atoms with Crippen LogP contribution in [0.3, 0.4) is 0 Å². The van der Waals surface area contributed by atoms with Gasteiger partial charge in [0.15, 0.2) is 0 Å². The van der Waals surface area contributed by atoms with Crippen molar-refractivity contribution in [2.75, 3.05) is 19.0 Å². The summed E-state index contributed by atoms with van der Waals surface area (Å²) in [5.74, 6) is -2.91. The number of aromatic nitrogens is 3. The number of methoxy groups -OCH3 is 1. The fourth-order valence-electron chi connectivity index (χ4n) is 3.91. The van der Waals surface area contributed by atoms with Gasteiger partial charge in [-0.2, -0.15) is 13.2 Å². The van der Waals surface area contributed by atoms with Gasteiger partial charge in [-0.3, -0.25) is 9.78 Å². The molecule has 0 bridgehead atoms. The number of para-hydroxylation sites is 1. The number of fused-ring (bicyclic) bond motifs is 3. The highest BCUT2D eigenvalue weighted by Gasteiger charge is 2.38. The first kappa shape index (κ1) is 26.7. The Kier molecular flexibility index (Phi) is 8.03. The van der Waals surface area contributed by atoms with Crippen LogP contribution in [0.1, 0.15) is 36.1 Å². The molecule has 4 rings (SSSR count). The van der Waals surface area contributed by atoms with Crippen LogP contribution in [-0.4, -0.2) is 51.0 Å². The lowest BCUT2D eigenvalue weighted by Crippen LogP contribution is -2.21. The van der Waals surface area contributed by atoms with Crippen LogP contribution in [-0.2, 0) is 16.1 Å². The molecule has 1 amide bonds. The molecule has 0 radical (unpaired) electrons. The first-order valence-corrected chi connectivity index (χ1v) is 11.1. The Morgan fingerprint density at radius 2 is 1.81 bits per heavy atom. The van der Waals surface area contributed by atoms with Gasteiger partial charge in [0.1, 0.15) is 5.69 Å². The van der Waals surface area contributed by atoms with Crippen molar-refractivity contribution < 1.29 is 32.6 Å². The number of amides is 1. The number of carbonyl (C=O) groups excluding carboxylic acids is 1. The SMILES string of the molecule is COCCn1c(C(=O)Nc2ccc(C)nc2)cc2c1c1ccccc1n2C(C)C.O=C(O)C(F)(F)F. The highest BCUT2D eigenvalue weighted by atomic mass is 19.4. The highest BCUT2D eigenvalue weighted by Crippen LogP contribution is 2.34. The Morgan fingerprint density at radius 3 is 2.36 bits per heavy atom. The van der Waals surface area contributed by atoms with E-state index in [0.29, 0.717) is 24.5 Å². The zero-order valence-corrected chi connectivity index (χ0v) is 20.3. The smallest absolute Gasteiger partial charge is 0.475 e. The van der Waals surface area contributed by atoms with Crippen LogP contribution < -0.4 is 5.32 Å². The van der Waals surface area contributed by atoms with Gasteiger partial charge in [0.2, 0.25) is 0 Å². The summed E-state index contributed by atoms with van der Waals surface area (Å²) in [6, 6.07) is 14.4. The molecule has 0 unspecified atom stereocenters. The fraction of sp³-hybridized carbons (Fsp3) is 0.320. The Bertz CT molecular complexity index is 1370. The van der Waals surface area contributed by atoms with E-state index >= 15 is 0 Å². The molecule has 4 aromatic rings. The van der Waals surface area contributed by atoms with Gasteiger partial charge in [-0.05, 0) is 45.0 Å². The predicted octanol–water partition coefficient (Wildman–Crippen LogP) is 5.41. The number of pyridine rings is 1. The molecule has 8 nitrogen and oxygen atoms in total. The van der Waals surface area contributed by atoms with E-state index in [4.69, 9.17) is 14.6 Å². The van der Waals surface area contributed by atoms with Crippen LogP contribution in [0.2, 0.25) is 0 Å². The third-order valence-electron chi connectivity index (χ3n) is 5.43. The first-order valence-electron chi connectivity index (χ1n) is 11.1. The summed E-state index contributed by atoms with van der Waals surface area (Å²) in [7, 11) is 1.68. The molecule has 0 fully saturated rings. The van der Waals surface area contributed by atoms with E-state index < -0.39 is 12.1 Å². The van der Waals surface area contributed by atoms with Crippen molar-refractivity contribution in [1.82, 2.24) is 14.1 Å². The van der Waals surface area contributed by atoms with E-state index in [0.717, 1.165) is 22.1 Å². The molecule has 2 N–H and O–H groups in total. The maximum atomic E-state index is 13.2. The van der Waals surface area contributed by atoms with Crippen molar-refractivity contribution in [3.8, 4) is 0 Å². The van der Waals surface area contributed by atoms with Crippen LogP contribution in [0.4, 0.5) is 18.9 Å². The number of ether oxygens (including phenoxy) is 1. The van der Waals surface area contributed by atoms with Crippen LogP contribution in [0.5, 0.6) is 0 Å². The van der Waals surface area contributed by atoms with Crippen molar-refractivity contribution in [3.05, 3.63) is 60.0 Å². The Balaban J connectivity index is 0.000000454. The quantitative estimate of drug-likeness (QED) is 0.366. The minimum absolute atomic E-state index is 0.151. The number of nitrogens with one attached hydrogen (secondary N) is 1. The largest absolute Gasteiger partial charge is 0.490 e. The van der Waals surface area contributed by atoms with E-state index in [1.165, 1.54) is 5.52 Å². The van der Waals surface area contributed by atoms with Gasteiger partial charge in [-0.25, -0.2) is 4.79 Å². The molecule has 0 spiro atoms. The van der Waals surface area contributed by atoms with Gasteiger partial charge in [0.25, 0.3) is 5.91 Å². The Hall–Kier alpha value is -3.86. The molecule has 0 atom stereocenters. The van der Waals surface area contributed by atoms with Gasteiger partial charge in [0, 0.05) is 30.8 Å². The summed E-state index contributed by atoms with van der Waals surface area (Å²) in [5.41, 5.74) is 5.51. The van der Waals surface area contributed by atoms with Crippen molar-refractivity contribution in [2.24, 2.45) is 0 Å². The fourth-order valence-corrected chi connectivity index (χ4v) is 3.91. The number of anilines is 1. The molecule has 3 heterocycles. The molecule has 0 saturated heterocycles. The van der Waals surface area contributed by atoms with Crippen molar-refractivity contribution >= 4 is 39.5 Å². The lowest BCUT2D eigenvalue weighted by Gasteiger charge is -2.11. The molecule has 0 aliphatic carbocycles. The monoisotopic (exact) mass is 504 g/mol. The molecule has 36 heavy (non-hydrogen) atoms. The lowest BCUT2D eigenvalue weighted by molar-refractivity contribution is -0.192. The average Bonchev–Trinajstić information content (AvgIpc) is 3.33. The maximum absolute atomic E-state index is 13.2. The second-order valence-corrected chi connectivity index (χ2v) is 8.33. The Morgan fingerprint density at radius 1 is 1.14 bits per heavy atom. The van der Waals surface area contributed by atoms with Crippen LogP contribution in [0, 0.1) is 6.92 Å². The number of aryl methyl sites for hydroxylation is 1. The predicted molar refractivity (Wildman–Crippen MR) is 130 cm³/mol. The molecule has 192 valence electrons. The second kappa shape index (κ2) is 10.8. The normalized spacial score (nSPS) is 11.6. The number of benzene rings is 1. The van der Waals surface area contributed by atoms with Gasteiger partial charge >= 0.3 is 12.1 Å². The van der Waals surface area contributed by atoms with Gasteiger partial charge in [0.05, 0.1) is 35.0 Å². The molecule has 3 aromatic heterocycles. The Labute approximate surface area is 205 Å². The summed E-state index contributed by atoms with van der Waals surface area (Å²) >= 11 is 0. The topological polar surface area (TPSA) is 98.4 Å². The molecular weight excluding hydrogens is 477 g/mol. The van der Waals surface area contributed by atoms with Gasteiger partial charge in [-0.1, -0.05) is 18.2 Å². The van der Waals surface area contributed by atoms with E-state index in [1.807, 2.05) is 31.2 Å². The summed E-state index contributed by atoms with van der Waals surface area (Å²) in [6.45, 7) is 7.37. The number of aliphatic carboxylic acids is 1. The van der Waals surface area contributed by atoms with Crippen molar-refractivity contribution in [2.45, 2.75) is 39.5 Å². The van der Waals surface area contributed by atoms with Gasteiger partial charge in [-0.15, -0.1) is 0 Å². The summed E-state index contributed by atoms with van der Waals surface area (Å²) < 4.78 is 41.4. The average molecular weight is 505 g/mol. The number of carboxylic acid groups (broad SMARTS) is 1. The number of hydrogen-bond donors (Lipinski definition) is 2. The number of rotatable bonds is 6. The van der Waals surface area contributed by atoms with Crippen LogP contribution >= 0.6 is 0 Å². The van der Waals surface area contributed by atoms with Crippen LogP contribution in [0.25, 0.3) is 21.9 Å². The molecule has 0 saturated carbocycles. The number of nitrogens with zero attached hydrogens (tertiary/aromatic N) is 3. The molecule has 11 heteroatoms. The second-order valence-electron chi connectivity index (χ2n) is 8.33. The third-order valence-corrected chi connectivity index (χ3v) is 5.43. The number of carbonyl (C=O) groups is 2. The minimum atomic E-state index is -5.08. The van der Waals surface area contributed by atoms with Crippen LogP contribution in [0.15, 0.2) is 48.7 Å². The number of halogens is 3. The number of alkyl halides is 3. The third kappa shape index (κ3) is 5.68. The van der Waals surface area contributed by atoms with E-state index in [9.17, 15) is 18.0 Å². The summed E-state index contributed by atoms with van der Waals surface area (Å²) in [6.07, 6.45) is -3.40. The summed E-state index contributed by atoms with van der Waals surface area (Å²) in [4.78, 5) is 26.3. The maximum Gasteiger partial charge on any atom is 0.490 e. The highest BCUT2D eigenvalue weighted by molar-refractivity contribution is 6.12. The van der Waals surface area contributed by atoms with E-state index in [2.05, 4.69) is 51.5 Å². The number of carboxylic acids is 1. The molecule has 0 aliphatic rings. The first-order chi connectivity index (χ1) is 17.0. The van der Waals surface area contributed by atoms with Crippen molar-refractivity contribution in [1.29, 1.82) is 0 Å². The standard InChI is InChI=1S/C23H26N4O2.C2HF3O2/c1-15(2)27-19-8-6-5-7-18(19)22-20(27)13-21(26(22)11-12-29-4)23(28)25-17-10-9-16(3)24-14-17;3-2(4,5)1(6)7/h5-10,13-15H,11-12H2,1-4H3,(H,25,28);(H,6,7). The minimum Gasteiger partial charge on any atom is -0.475 e. The molecule has 0 aliphatic heterocycles. The van der Waals surface area contributed by atoms with Gasteiger partial charge < -0.3 is 24.3 Å². The summed E-state index contributed by atoms with van der Waals surface area (Å²) in [5, 5.41) is 11.2. The molecule has 1 aromatic carbocycles. The zero-order chi connectivity index (χ0) is 26.6. The van der Waals surface area contributed by atoms with E-state index in [-0.39, 0.29) is 11.9 Å². The zero-order valence-electron chi connectivity index (χ0n) is 20.3. The van der Waals surface area contributed by atoms with Crippen molar-refractivity contribution in [3.63, 3.8) is 0 Å². The lowest BCUT2D eigenvalue weighted by atomic mass is 10.2. The molecular formula is C25H27F3N4O4. The number of hydrogen-bond acceptors (Lipinski definition) is 4.